The van der Waals surface area contributed by atoms with E-state index in [1.54, 1.807) is 13.0 Å². The van der Waals surface area contributed by atoms with Gasteiger partial charge in [0.25, 0.3) is 5.91 Å². The molecule has 2 aromatic heterocycles. The number of carboxylic acids is 1. The highest BCUT2D eigenvalue weighted by Gasteiger charge is 2.22. The Bertz CT molecular complexity index is 672. The van der Waals surface area contributed by atoms with E-state index in [2.05, 4.69) is 10.5 Å². The summed E-state index contributed by atoms with van der Waals surface area (Å²) in [4.78, 5) is 24.1. The first-order chi connectivity index (χ1) is 9.90. The molecule has 0 atom stereocenters. The van der Waals surface area contributed by atoms with Gasteiger partial charge in [0, 0.05) is 10.8 Å². The third kappa shape index (κ3) is 3.30. The predicted molar refractivity (Wildman–Crippen MR) is 77.8 cm³/mol. The number of amides is 1. The number of carbonyl (C=O) groups excluding carboxylic acids is 1. The number of thiophene rings is 1. The van der Waals surface area contributed by atoms with Crippen LogP contribution in [-0.4, -0.2) is 22.1 Å². The number of hydrogen-bond donors (Lipinski definition) is 2. The van der Waals surface area contributed by atoms with E-state index in [0.717, 1.165) is 16.2 Å². The largest absolute Gasteiger partial charge is 0.477 e. The fourth-order valence-corrected chi connectivity index (χ4v) is 2.69. The first kappa shape index (κ1) is 15.2. The predicted octanol–water partition coefficient (Wildman–Crippen LogP) is 2.80. The SMILES string of the molecule is Cc1noc(C(C)C)c1C(=O)NCc1ccc(C(=O)O)s1. The Morgan fingerprint density at radius 1 is 1.43 bits per heavy atom. The second-order valence-electron chi connectivity index (χ2n) is 4.92. The van der Waals surface area contributed by atoms with E-state index < -0.39 is 5.97 Å². The van der Waals surface area contributed by atoms with Crippen LogP contribution in [0.3, 0.4) is 0 Å². The summed E-state index contributed by atoms with van der Waals surface area (Å²) < 4.78 is 5.18. The maximum atomic E-state index is 12.2. The molecule has 2 aromatic rings. The summed E-state index contributed by atoms with van der Waals surface area (Å²) in [6, 6.07) is 3.22. The molecular weight excluding hydrogens is 292 g/mol. The van der Waals surface area contributed by atoms with Crippen molar-refractivity contribution in [1.29, 1.82) is 0 Å². The van der Waals surface area contributed by atoms with E-state index >= 15 is 0 Å². The van der Waals surface area contributed by atoms with Gasteiger partial charge in [0.1, 0.15) is 10.4 Å². The van der Waals surface area contributed by atoms with Crippen LogP contribution in [0.4, 0.5) is 0 Å². The van der Waals surface area contributed by atoms with E-state index in [9.17, 15) is 9.59 Å². The van der Waals surface area contributed by atoms with Gasteiger partial charge in [-0.25, -0.2) is 4.79 Å². The molecule has 7 heteroatoms. The van der Waals surface area contributed by atoms with Crippen LogP contribution in [0.2, 0.25) is 0 Å². The molecule has 2 N–H and O–H groups in total. The van der Waals surface area contributed by atoms with Crippen LogP contribution in [-0.2, 0) is 6.54 Å². The van der Waals surface area contributed by atoms with Gasteiger partial charge >= 0.3 is 5.97 Å². The zero-order valence-electron chi connectivity index (χ0n) is 12.0. The van der Waals surface area contributed by atoms with Crippen molar-refractivity contribution in [2.45, 2.75) is 33.2 Å². The Labute approximate surface area is 125 Å². The van der Waals surface area contributed by atoms with Crippen molar-refractivity contribution in [3.8, 4) is 0 Å². The molecule has 0 fully saturated rings. The normalized spacial score (nSPS) is 10.9. The van der Waals surface area contributed by atoms with E-state index in [4.69, 9.17) is 9.63 Å². The number of carbonyl (C=O) groups is 2. The van der Waals surface area contributed by atoms with Gasteiger partial charge in [-0.3, -0.25) is 4.79 Å². The zero-order chi connectivity index (χ0) is 15.6. The molecule has 2 heterocycles. The van der Waals surface area contributed by atoms with Crippen molar-refractivity contribution in [3.63, 3.8) is 0 Å². The molecule has 112 valence electrons. The number of nitrogens with one attached hydrogen (secondary N) is 1. The fraction of sp³-hybridized carbons (Fsp3) is 0.357. The second-order valence-corrected chi connectivity index (χ2v) is 6.08. The minimum atomic E-state index is -0.963. The monoisotopic (exact) mass is 308 g/mol. The topological polar surface area (TPSA) is 92.4 Å². The molecule has 21 heavy (non-hydrogen) atoms. The Morgan fingerprint density at radius 3 is 2.71 bits per heavy atom. The molecule has 0 unspecified atom stereocenters. The summed E-state index contributed by atoms with van der Waals surface area (Å²) in [5.74, 6) is -0.605. The summed E-state index contributed by atoms with van der Waals surface area (Å²) in [7, 11) is 0. The minimum Gasteiger partial charge on any atom is -0.477 e. The summed E-state index contributed by atoms with van der Waals surface area (Å²) in [6.45, 7) is 5.85. The Hall–Kier alpha value is -2.15. The second kappa shape index (κ2) is 6.09. The first-order valence-corrected chi connectivity index (χ1v) is 7.28. The number of nitrogens with zero attached hydrogens (tertiary/aromatic N) is 1. The average Bonchev–Trinajstić information content (AvgIpc) is 3.02. The molecule has 0 spiro atoms. The summed E-state index contributed by atoms with van der Waals surface area (Å²) in [5.41, 5.74) is 1.01. The number of aromatic carboxylic acids is 1. The van der Waals surface area contributed by atoms with Crippen LogP contribution in [0.15, 0.2) is 16.7 Å². The van der Waals surface area contributed by atoms with Crippen molar-refractivity contribution < 1.29 is 19.2 Å². The highest BCUT2D eigenvalue weighted by atomic mass is 32.1. The smallest absolute Gasteiger partial charge is 0.345 e. The van der Waals surface area contributed by atoms with Crippen LogP contribution >= 0.6 is 11.3 Å². The standard InChI is InChI=1S/C14H16N2O4S/c1-7(2)12-11(8(3)16-20-12)13(17)15-6-9-4-5-10(21-9)14(18)19/h4-5,7H,6H2,1-3H3,(H,15,17)(H,18,19). The molecule has 0 saturated heterocycles. The molecule has 2 rings (SSSR count). The van der Waals surface area contributed by atoms with Crippen LogP contribution in [0.1, 0.15) is 56.1 Å². The summed E-state index contributed by atoms with van der Waals surface area (Å²) >= 11 is 1.14. The molecule has 6 nitrogen and oxygen atoms in total. The van der Waals surface area contributed by atoms with E-state index in [0.29, 0.717) is 17.0 Å². The first-order valence-electron chi connectivity index (χ1n) is 6.46. The third-order valence-electron chi connectivity index (χ3n) is 2.94. The van der Waals surface area contributed by atoms with Crippen molar-refractivity contribution in [1.82, 2.24) is 10.5 Å². The Morgan fingerprint density at radius 2 is 2.14 bits per heavy atom. The number of hydrogen-bond acceptors (Lipinski definition) is 5. The molecule has 0 aromatic carbocycles. The lowest BCUT2D eigenvalue weighted by Gasteiger charge is -2.06. The van der Waals surface area contributed by atoms with Crippen molar-refractivity contribution in [3.05, 3.63) is 38.9 Å². The van der Waals surface area contributed by atoms with E-state index in [1.165, 1.54) is 6.07 Å². The zero-order valence-corrected chi connectivity index (χ0v) is 12.8. The number of aryl methyl sites for hydroxylation is 1. The van der Waals surface area contributed by atoms with Crippen molar-refractivity contribution in [2.75, 3.05) is 0 Å². The van der Waals surface area contributed by atoms with E-state index in [-0.39, 0.29) is 23.2 Å². The lowest BCUT2D eigenvalue weighted by molar-refractivity contribution is 0.0702. The summed E-state index contributed by atoms with van der Waals surface area (Å²) in [5, 5.41) is 15.5. The van der Waals surface area contributed by atoms with Gasteiger partial charge in [-0.1, -0.05) is 19.0 Å². The van der Waals surface area contributed by atoms with Crippen LogP contribution < -0.4 is 5.32 Å². The van der Waals surface area contributed by atoms with E-state index in [1.807, 2.05) is 13.8 Å². The maximum Gasteiger partial charge on any atom is 0.345 e. The fourth-order valence-electron chi connectivity index (χ4n) is 1.90. The maximum absolute atomic E-state index is 12.2. The molecule has 0 aliphatic rings. The van der Waals surface area contributed by atoms with Crippen LogP contribution in [0.25, 0.3) is 0 Å². The lowest BCUT2D eigenvalue weighted by Crippen LogP contribution is -2.24. The van der Waals surface area contributed by atoms with Crippen LogP contribution in [0.5, 0.6) is 0 Å². The minimum absolute atomic E-state index is 0.0623. The number of aromatic nitrogens is 1. The number of carboxylic acid groups (broad SMARTS) is 1. The quantitative estimate of drug-likeness (QED) is 0.886. The van der Waals surface area contributed by atoms with Gasteiger partial charge in [-0.05, 0) is 19.1 Å². The Kier molecular flexibility index (Phi) is 4.42. The molecule has 0 bridgehead atoms. The van der Waals surface area contributed by atoms with Gasteiger partial charge in [0.05, 0.1) is 12.2 Å². The number of rotatable bonds is 5. The van der Waals surface area contributed by atoms with Gasteiger partial charge in [0.15, 0.2) is 5.76 Å². The van der Waals surface area contributed by atoms with Gasteiger partial charge in [0.2, 0.25) is 0 Å². The van der Waals surface area contributed by atoms with Gasteiger partial charge < -0.3 is 14.9 Å². The molecule has 0 aliphatic heterocycles. The van der Waals surface area contributed by atoms with Gasteiger partial charge in [-0.2, -0.15) is 0 Å². The lowest BCUT2D eigenvalue weighted by atomic mass is 10.0. The highest BCUT2D eigenvalue weighted by molar-refractivity contribution is 7.13. The third-order valence-corrected chi connectivity index (χ3v) is 4.01. The molecule has 1 amide bonds. The van der Waals surface area contributed by atoms with Crippen LogP contribution in [0, 0.1) is 6.92 Å². The summed E-state index contributed by atoms with van der Waals surface area (Å²) in [6.07, 6.45) is 0. The van der Waals surface area contributed by atoms with Gasteiger partial charge in [-0.15, -0.1) is 11.3 Å². The highest BCUT2D eigenvalue weighted by Crippen LogP contribution is 2.22. The van der Waals surface area contributed by atoms with Crippen molar-refractivity contribution in [2.24, 2.45) is 0 Å². The molecule has 0 saturated carbocycles. The molecular formula is C14H16N2O4S. The molecule has 0 radical (unpaired) electrons. The average molecular weight is 308 g/mol. The Balaban J connectivity index is 2.08. The van der Waals surface area contributed by atoms with Crippen molar-refractivity contribution >= 4 is 23.2 Å². The molecule has 0 aliphatic carbocycles.